The van der Waals surface area contributed by atoms with E-state index in [1.54, 1.807) is 0 Å². The van der Waals surface area contributed by atoms with Crippen molar-refractivity contribution in [1.29, 1.82) is 0 Å². The van der Waals surface area contributed by atoms with E-state index in [1.807, 2.05) is 0 Å². The van der Waals surface area contributed by atoms with Crippen LogP contribution < -0.4 is 0 Å². The Bertz CT molecular complexity index is 128. The topological polar surface area (TPSA) is 3.24 Å². The summed E-state index contributed by atoms with van der Waals surface area (Å²) in [6.45, 7) is 5.24. The molecule has 0 N–H and O–H groups in total. The molecular weight excluding hydrogens is 98.1 g/mol. The predicted molar refractivity (Wildman–Crippen MR) is 33.5 cm³/mol. The summed E-state index contributed by atoms with van der Waals surface area (Å²) in [5.74, 6) is 0. The fraction of sp³-hybridized carbons (Fsp3) is 0.714. The van der Waals surface area contributed by atoms with Gasteiger partial charge in [0, 0.05) is 18.3 Å². The van der Waals surface area contributed by atoms with Crippen LogP contribution in [-0.4, -0.2) is 17.5 Å². The standard InChI is InChI=1S/C7H11N/c1-6-2-3-7-4-5-8(6)7/h7H,1-5H2. The minimum atomic E-state index is 0.905. The molecule has 0 saturated carbocycles. The largest absolute Gasteiger partial charge is 0.372 e. The zero-order valence-corrected chi connectivity index (χ0v) is 5.06. The van der Waals surface area contributed by atoms with Crippen LogP contribution in [0.1, 0.15) is 19.3 Å². The van der Waals surface area contributed by atoms with Gasteiger partial charge in [0.05, 0.1) is 0 Å². The molecule has 1 unspecified atom stereocenters. The van der Waals surface area contributed by atoms with E-state index in [9.17, 15) is 0 Å². The molecule has 2 heterocycles. The highest BCUT2D eigenvalue weighted by molar-refractivity contribution is 5.08. The van der Waals surface area contributed by atoms with E-state index in [4.69, 9.17) is 0 Å². The van der Waals surface area contributed by atoms with Crippen LogP contribution in [0.4, 0.5) is 0 Å². The Morgan fingerprint density at radius 2 is 2.38 bits per heavy atom. The fourth-order valence-corrected chi connectivity index (χ4v) is 1.63. The summed E-state index contributed by atoms with van der Waals surface area (Å²) in [5, 5.41) is 0. The Hall–Kier alpha value is -0.460. The van der Waals surface area contributed by atoms with Gasteiger partial charge in [0.15, 0.2) is 0 Å². The van der Waals surface area contributed by atoms with Crippen LogP contribution in [0, 0.1) is 0 Å². The molecule has 0 radical (unpaired) electrons. The molecule has 1 atom stereocenters. The van der Waals surface area contributed by atoms with Crippen LogP contribution >= 0.6 is 0 Å². The average molecular weight is 109 g/mol. The zero-order valence-electron chi connectivity index (χ0n) is 5.06. The molecule has 0 aromatic heterocycles. The Labute approximate surface area is 50.0 Å². The third-order valence-corrected chi connectivity index (χ3v) is 2.32. The summed E-state index contributed by atoms with van der Waals surface area (Å²) in [4.78, 5) is 2.43. The molecule has 2 saturated heterocycles. The highest BCUT2D eigenvalue weighted by Crippen LogP contribution is 2.34. The van der Waals surface area contributed by atoms with Gasteiger partial charge in [0.2, 0.25) is 0 Å². The molecule has 44 valence electrons. The zero-order chi connectivity index (χ0) is 5.56. The molecule has 2 aliphatic heterocycles. The molecule has 0 amide bonds. The van der Waals surface area contributed by atoms with Crippen molar-refractivity contribution in [2.24, 2.45) is 0 Å². The van der Waals surface area contributed by atoms with Crippen molar-refractivity contribution in [2.45, 2.75) is 25.3 Å². The van der Waals surface area contributed by atoms with Crippen molar-refractivity contribution in [1.82, 2.24) is 4.90 Å². The normalized spacial score (nSPS) is 34.8. The quantitative estimate of drug-likeness (QED) is 0.454. The van der Waals surface area contributed by atoms with Crippen molar-refractivity contribution < 1.29 is 0 Å². The van der Waals surface area contributed by atoms with E-state index >= 15 is 0 Å². The monoisotopic (exact) mass is 109 g/mol. The van der Waals surface area contributed by atoms with Crippen molar-refractivity contribution in [3.63, 3.8) is 0 Å². The molecule has 0 aromatic rings. The molecule has 0 aliphatic carbocycles. The molecule has 0 spiro atoms. The summed E-state index contributed by atoms with van der Waals surface area (Å²) in [6.07, 6.45) is 4.04. The molecule has 1 nitrogen and oxygen atoms in total. The van der Waals surface area contributed by atoms with Gasteiger partial charge in [-0.1, -0.05) is 6.58 Å². The predicted octanol–water partition coefficient (Wildman–Crippen LogP) is 1.37. The molecular formula is C7H11N. The van der Waals surface area contributed by atoms with Crippen molar-refractivity contribution in [2.75, 3.05) is 6.54 Å². The van der Waals surface area contributed by atoms with E-state index in [0.717, 1.165) is 6.04 Å². The van der Waals surface area contributed by atoms with Crippen molar-refractivity contribution in [3.8, 4) is 0 Å². The second kappa shape index (κ2) is 1.28. The van der Waals surface area contributed by atoms with Crippen LogP contribution in [0.15, 0.2) is 12.3 Å². The summed E-state index contributed by atoms with van der Waals surface area (Å²) in [7, 11) is 0. The molecule has 0 bridgehead atoms. The first kappa shape index (κ1) is 4.42. The third kappa shape index (κ3) is 0.371. The van der Waals surface area contributed by atoms with Gasteiger partial charge in [-0.05, 0) is 19.3 Å². The molecule has 1 heteroatoms. The first-order valence-corrected chi connectivity index (χ1v) is 3.32. The van der Waals surface area contributed by atoms with Gasteiger partial charge in [-0.2, -0.15) is 0 Å². The van der Waals surface area contributed by atoms with E-state index in [-0.39, 0.29) is 0 Å². The number of rotatable bonds is 0. The lowest BCUT2D eigenvalue weighted by molar-refractivity contribution is 0.173. The Morgan fingerprint density at radius 3 is 2.62 bits per heavy atom. The first-order valence-electron chi connectivity index (χ1n) is 3.32. The van der Waals surface area contributed by atoms with E-state index in [2.05, 4.69) is 11.5 Å². The Morgan fingerprint density at radius 1 is 1.50 bits per heavy atom. The van der Waals surface area contributed by atoms with E-state index in [0.29, 0.717) is 0 Å². The number of hydrogen-bond donors (Lipinski definition) is 0. The molecule has 8 heavy (non-hydrogen) atoms. The van der Waals surface area contributed by atoms with Gasteiger partial charge in [-0.25, -0.2) is 0 Å². The molecule has 2 fully saturated rings. The third-order valence-electron chi connectivity index (χ3n) is 2.32. The summed E-state index contributed by atoms with van der Waals surface area (Å²) in [5.41, 5.74) is 1.38. The average Bonchev–Trinajstić information content (AvgIpc) is 1.80. The van der Waals surface area contributed by atoms with Crippen LogP contribution in [0.5, 0.6) is 0 Å². The van der Waals surface area contributed by atoms with Gasteiger partial charge in [0.1, 0.15) is 0 Å². The maximum absolute atomic E-state index is 3.96. The number of fused-ring (bicyclic) bond motifs is 1. The minimum Gasteiger partial charge on any atom is -0.372 e. The Balaban J connectivity index is 2.15. The smallest absolute Gasteiger partial charge is 0.0307 e. The van der Waals surface area contributed by atoms with Crippen LogP contribution in [0.25, 0.3) is 0 Å². The van der Waals surface area contributed by atoms with E-state index < -0.39 is 0 Å². The van der Waals surface area contributed by atoms with Gasteiger partial charge < -0.3 is 4.90 Å². The van der Waals surface area contributed by atoms with Gasteiger partial charge in [-0.3, -0.25) is 0 Å². The van der Waals surface area contributed by atoms with Crippen LogP contribution in [0.2, 0.25) is 0 Å². The SMILES string of the molecule is C=C1CCC2CCN12. The highest BCUT2D eigenvalue weighted by atomic mass is 15.2. The van der Waals surface area contributed by atoms with Gasteiger partial charge in [-0.15, -0.1) is 0 Å². The minimum absolute atomic E-state index is 0.905. The number of allylic oxidation sites excluding steroid dienone is 1. The van der Waals surface area contributed by atoms with Crippen molar-refractivity contribution >= 4 is 0 Å². The number of nitrogens with zero attached hydrogens (tertiary/aromatic N) is 1. The van der Waals surface area contributed by atoms with Gasteiger partial charge in [0.25, 0.3) is 0 Å². The highest BCUT2D eigenvalue weighted by Gasteiger charge is 2.33. The maximum atomic E-state index is 3.96. The van der Waals surface area contributed by atoms with Gasteiger partial charge >= 0.3 is 0 Å². The molecule has 2 rings (SSSR count). The van der Waals surface area contributed by atoms with E-state index in [1.165, 1.54) is 31.5 Å². The lowest BCUT2D eigenvalue weighted by atomic mass is 10.1. The number of hydrogen-bond acceptors (Lipinski definition) is 1. The summed E-state index contributed by atoms with van der Waals surface area (Å²) in [6, 6.07) is 0.905. The van der Waals surface area contributed by atoms with Crippen molar-refractivity contribution in [3.05, 3.63) is 12.3 Å². The fourth-order valence-electron chi connectivity index (χ4n) is 1.63. The Kier molecular flexibility index (Phi) is 0.706. The second-order valence-corrected chi connectivity index (χ2v) is 2.74. The maximum Gasteiger partial charge on any atom is 0.0307 e. The summed E-state index contributed by atoms with van der Waals surface area (Å²) >= 11 is 0. The first-order chi connectivity index (χ1) is 3.88. The second-order valence-electron chi connectivity index (χ2n) is 2.74. The molecule has 2 aliphatic rings. The lowest BCUT2D eigenvalue weighted by Gasteiger charge is -2.37. The van der Waals surface area contributed by atoms with Crippen LogP contribution in [-0.2, 0) is 0 Å². The lowest BCUT2D eigenvalue weighted by Crippen LogP contribution is -2.41. The summed E-state index contributed by atoms with van der Waals surface area (Å²) < 4.78 is 0. The molecule has 0 aromatic carbocycles. The van der Waals surface area contributed by atoms with Crippen LogP contribution in [0.3, 0.4) is 0 Å².